The Balaban J connectivity index is 1.75. The summed E-state index contributed by atoms with van der Waals surface area (Å²) in [6.45, 7) is 5.60. The van der Waals surface area contributed by atoms with Gasteiger partial charge in [-0.15, -0.1) is 0 Å². The van der Waals surface area contributed by atoms with Crippen LogP contribution >= 0.6 is 0 Å². The Bertz CT molecular complexity index is 672. The third kappa shape index (κ3) is 2.58. The molecule has 0 saturated heterocycles. The number of hydrogen-bond acceptors (Lipinski definition) is 3. The molecule has 0 saturated carbocycles. The molecule has 5 nitrogen and oxygen atoms in total. The van der Waals surface area contributed by atoms with E-state index in [0.29, 0.717) is 6.42 Å². The van der Waals surface area contributed by atoms with Gasteiger partial charge in [0.05, 0.1) is 17.1 Å². The van der Waals surface area contributed by atoms with Crippen molar-refractivity contribution in [3.63, 3.8) is 0 Å². The maximum atomic E-state index is 12.7. The molecule has 1 aromatic heterocycles. The summed E-state index contributed by atoms with van der Waals surface area (Å²) in [7, 11) is 2.07. The topological polar surface area (TPSA) is 52.2 Å². The number of amides is 1. The fourth-order valence-electron chi connectivity index (χ4n) is 3.07. The van der Waals surface area contributed by atoms with Gasteiger partial charge in [0.15, 0.2) is 0 Å². The minimum Gasteiger partial charge on any atom is -0.371 e. The van der Waals surface area contributed by atoms with E-state index in [4.69, 9.17) is 0 Å². The van der Waals surface area contributed by atoms with Crippen molar-refractivity contribution in [2.24, 2.45) is 0 Å². The fraction of sp³-hybridized carbons (Fsp3) is 0.412. The van der Waals surface area contributed by atoms with Gasteiger partial charge in [-0.1, -0.05) is 12.1 Å². The van der Waals surface area contributed by atoms with Gasteiger partial charge in [0, 0.05) is 32.3 Å². The Hall–Kier alpha value is -2.30. The van der Waals surface area contributed by atoms with Crippen LogP contribution in [0.25, 0.3) is 0 Å². The van der Waals surface area contributed by atoms with Crippen molar-refractivity contribution in [3.8, 4) is 0 Å². The Morgan fingerprint density at radius 1 is 1.23 bits per heavy atom. The summed E-state index contributed by atoms with van der Waals surface area (Å²) in [6.07, 6.45) is 1.25. The van der Waals surface area contributed by atoms with E-state index in [1.165, 1.54) is 0 Å². The number of nitrogens with one attached hydrogen (secondary N) is 1. The number of anilines is 2. The number of hydrogen-bond donors (Lipinski definition) is 1. The summed E-state index contributed by atoms with van der Waals surface area (Å²) in [5.74, 6) is 0.181. The smallest absolute Gasteiger partial charge is 0.227 e. The quantitative estimate of drug-likeness (QED) is 0.947. The molecule has 116 valence electrons. The number of aromatic nitrogens is 2. The van der Waals surface area contributed by atoms with Crippen molar-refractivity contribution in [3.05, 3.63) is 41.2 Å². The van der Waals surface area contributed by atoms with Crippen molar-refractivity contribution < 1.29 is 4.79 Å². The van der Waals surface area contributed by atoms with E-state index < -0.39 is 0 Å². The minimum absolute atomic E-state index is 0.181. The molecular formula is C17H22N4O. The number of aryl methyl sites for hydroxylation is 2. The normalized spacial score (nSPS) is 14.1. The molecule has 0 spiro atoms. The second-order valence-corrected chi connectivity index (χ2v) is 5.87. The van der Waals surface area contributed by atoms with E-state index in [1.54, 1.807) is 0 Å². The lowest BCUT2D eigenvalue weighted by Crippen LogP contribution is -2.42. The molecule has 22 heavy (non-hydrogen) atoms. The lowest BCUT2D eigenvalue weighted by Gasteiger charge is -2.35. The maximum absolute atomic E-state index is 12.7. The minimum atomic E-state index is 0.181. The molecule has 0 aliphatic carbocycles. The average Bonchev–Trinajstić information content (AvgIpc) is 2.84. The number of para-hydroxylation sites is 2. The van der Waals surface area contributed by atoms with Gasteiger partial charge in [-0.3, -0.25) is 9.89 Å². The van der Waals surface area contributed by atoms with E-state index in [9.17, 15) is 4.79 Å². The Morgan fingerprint density at radius 2 is 1.95 bits per heavy atom. The molecule has 3 rings (SSSR count). The zero-order chi connectivity index (χ0) is 15.7. The van der Waals surface area contributed by atoms with Gasteiger partial charge in [0.1, 0.15) is 0 Å². The van der Waals surface area contributed by atoms with Crippen LogP contribution in [0.2, 0.25) is 0 Å². The van der Waals surface area contributed by atoms with Crippen LogP contribution in [0.1, 0.15) is 23.4 Å². The van der Waals surface area contributed by atoms with Crippen LogP contribution in [-0.2, 0) is 11.2 Å². The van der Waals surface area contributed by atoms with Crippen LogP contribution in [0.15, 0.2) is 24.3 Å². The highest BCUT2D eigenvalue weighted by atomic mass is 16.2. The number of H-pyrrole nitrogens is 1. The van der Waals surface area contributed by atoms with Gasteiger partial charge in [-0.2, -0.15) is 5.10 Å². The molecular weight excluding hydrogens is 276 g/mol. The number of rotatable bonds is 3. The van der Waals surface area contributed by atoms with E-state index in [-0.39, 0.29) is 5.91 Å². The highest BCUT2D eigenvalue weighted by molar-refractivity contribution is 5.97. The summed E-state index contributed by atoms with van der Waals surface area (Å²) in [4.78, 5) is 16.8. The molecule has 2 aromatic rings. The van der Waals surface area contributed by atoms with E-state index in [0.717, 1.165) is 47.8 Å². The Kier molecular flexibility index (Phi) is 3.88. The van der Waals surface area contributed by atoms with Gasteiger partial charge in [0.25, 0.3) is 0 Å². The molecule has 1 aromatic carbocycles. The summed E-state index contributed by atoms with van der Waals surface area (Å²) in [5.41, 5.74) is 5.35. The lowest BCUT2D eigenvalue weighted by molar-refractivity contribution is -0.118. The highest BCUT2D eigenvalue weighted by Crippen LogP contribution is 2.32. The third-order valence-corrected chi connectivity index (χ3v) is 4.41. The zero-order valence-electron chi connectivity index (χ0n) is 13.4. The first kappa shape index (κ1) is 14.6. The molecule has 0 radical (unpaired) electrons. The first-order valence-corrected chi connectivity index (χ1v) is 7.69. The number of aromatic amines is 1. The first-order valence-electron chi connectivity index (χ1n) is 7.69. The molecule has 0 atom stereocenters. The predicted octanol–water partition coefficient (Wildman–Crippen LogP) is 2.44. The molecule has 1 amide bonds. The highest BCUT2D eigenvalue weighted by Gasteiger charge is 2.24. The summed E-state index contributed by atoms with van der Waals surface area (Å²) in [5, 5.41) is 7.18. The second kappa shape index (κ2) is 5.83. The van der Waals surface area contributed by atoms with Crippen molar-refractivity contribution in [2.75, 3.05) is 29.9 Å². The number of benzene rings is 1. The molecule has 0 unspecified atom stereocenters. The van der Waals surface area contributed by atoms with Crippen molar-refractivity contribution in [1.82, 2.24) is 10.2 Å². The molecule has 0 bridgehead atoms. The number of fused-ring (bicyclic) bond motifs is 1. The molecule has 1 aliphatic heterocycles. The molecule has 5 heteroatoms. The van der Waals surface area contributed by atoms with Gasteiger partial charge in [-0.05, 0) is 38.0 Å². The molecule has 0 fully saturated rings. The SMILES string of the molecule is Cc1n[nH]c(C)c1CCC(=O)N1CCN(C)c2ccccc21. The van der Waals surface area contributed by atoms with Crippen molar-refractivity contribution in [2.45, 2.75) is 26.7 Å². The van der Waals surface area contributed by atoms with Crippen LogP contribution in [0.4, 0.5) is 11.4 Å². The lowest BCUT2D eigenvalue weighted by atomic mass is 10.1. The summed E-state index contributed by atoms with van der Waals surface area (Å²) >= 11 is 0. The number of nitrogens with zero attached hydrogens (tertiary/aromatic N) is 3. The Morgan fingerprint density at radius 3 is 2.64 bits per heavy atom. The second-order valence-electron chi connectivity index (χ2n) is 5.87. The van der Waals surface area contributed by atoms with Crippen LogP contribution in [0.5, 0.6) is 0 Å². The predicted molar refractivity (Wildman–Crippen MR) is 88.4 cm³/mol. The molecule has 2 heterocycles. The van der Waals surface area contributed by atoms with E-state index in [1.807, 2.05) is 36.9 Å². The van der Waals surface area contributed by atoms with Crippen LogP contribution in [0, 0.1) is 13.8 Å². The van der Waals surface area contributed by atoms with Crippen molar-refractivity contribution in [1.29, 1.82) is 0 Å². The van der Waals surface area contributed by atoms with E-state index in [2.05, 4.69) is 28.2 Å². The first-order chi connectivity index (χ1) is 10.6. The standard InChI is InChI=1S/C17H22N4O/c1-12-14(13(2)19-18-12)8-9-17(22)21-11-10-20(3)15-6-4-5-7-16(15)21/h4-7H,8-11H2,1-3H3,(H,18,19). The average molecular weight is 298 g/mol. The van der Waals surface area contributed by atoms with Gasteiger partial charge in [-0.25, -0.2) is 0 Å². The van der Waals surface area contributed by atoms with E-state index >= 15 is 0 Å². The van der Waals surface area contributed by atoms with Gasteiger partial charge >= 0.3 is 0 Å². The number of carbonyl (C=O) groups is 1. The molecule has 1 aliphatic rings. The van der Waals surface area contributed by atoms with Crippen LogP contribution in [-0.4, -0.2) is 36.2 Å². The van der Waals surface area contributed by atoms with Gasteiger partial charge in [0.2, 0.25) is 5.91 Å². The monoisotopic (exact) mass is 298 g/mol. The van der Waals surface area contributed by atoms with Crippen molar-refractivity contribution >= 4 is 17.3 Å². The van der Waals surface area contributed by atoms with Crippen LogP contribution < -0.4 is 9.80 Å². The molecule has 1 N–H and O–H groups in total. The maximum Gasteiger partial charge on any atom is 0.227 e. The third-order valence-electron chi connectivity index (χ3n) is 4.41. The zero-order valence-corrected chi connectivity index (χ0v) is 13.4. The summed E-state index contributed by atoms with van der Waals surface area (Å²) in [6, 6.07) is 8.10. The fourth-order valence-corrected chi connectivity index (χ4v) is 3.07. The largest absolute Gasteiger partial charge is 0.371 e. The van der Waals surface area contributed by atoms with Gasteiger partial charge < -0.3 is 9.80 Å². The van der Waals surface area contributed by atoms with Crippen LogP contribution in [0.3, 0.4) is 0 Å². The summed E-state index contributed by atoms with van der Waals surface area (Å²) < 4.78 is 0. The number of carbonyl (C=O) groups excluding carboxylic acids is 1. The Labute approximate surface area is 130 Å². The number of likely N-dealkylation sites (N-methyl/N-ethyl adjacent to an activating group) is 1.